The summed E-state index contributed by atoms with van der Waals surface area (Å²) in [6.07, 6.45) is 0.463. The van der Waals surface area contributed by atoms with Crippen molar-refractivity contribution in [3.63, 3.8) is 0 Å². The van der Waals surface area contributed by atoms with E-state index in [-0.39, 0.29) is 33.4 Å². The number of benzene rings is 2. The van der Waals surface area contributed by atoms with Gasteiger partial charge in [-0.05, 0) is 5.92 Å². The number of ketones is 4. The Kier molecular flexibility index (Phi) is 4.93. The van der Waals surface area contributed by atoms with E-state index < -0.39 is 46.5 Å². The van der Waals surface area contributed by atoms with Crippen LogP contribution < -0.4 is 0 Å². The second-order valence-electron chi connectivity index (χ2n) is 7.80. The largest absolute Gasteiger partial charge is 0.507 e. The predicted molar refractivity (Wildman–Crippen MR) is 114 cm³/mol. The van der Waals surface area contributed by atoms with E-state index in [1.807, 2.05) is 6.92 Å². The van der Waals surface area contributed by atoms with Crippen molar-refractivity contribution in [2.45, 2.75) is 20.3 Å². The number of carbonyl (C=O) groups excluding carboxylic acids is 4. The summed E-state index contributed by atoms with van der Waals surface area (Å²) >= 11 is 0. The first-order valence-electron chi connectivity index (χ1n) is 10.0. The minimum Gasteiger partial charge on any atom is -0.507 e. The number of hydrogen-bond donors (Lipinski definition) is 2. The van der Waals surface area contributed by atoms with Gasteiger partial charge in [0.15, 0.2) is 0 Å². The summed E-state index contributed by atoms with van der Waals surface area (Å²) < 4.78 is 0. The van der Waals surface area contributed by atoms with Crippen LogP contribution in [0.2, 0.25) is 0 Å². The van der Waals surface area contributed by atoms with Gasteiger partial charge in [-0.1, -0.05) is 68.8 Å². The summed E-state index contributed by atoms with van der Waals surface area (Å²) in [7, 11) is 0. The molecule has 0 saturated heterocycles. The summed E-state index contributed by atoms with van der Waals surface area (Å²) in [6, 6.07) is 12.3. The maximum Gasteiger partial charge on any atom is 0.234 e. The molecule has 0 radical (unpaired) electrons. The van der Waals surface area contributed by atoms with Gasteiger partial charge in [0.05, 0.1) is 11.1 Å². The molecule has 31 heavy (non-hydrogen) atoms. The Bertz CT molecular complexity index is 1140. The average molecular weight is 416 g/mol. The van der Waals surface area contributed by atoms with E-state index in [0.29, 0.717) is 6.42 Å². The van der Waals surface area contributed by atoms with Gasteiger partial charge in [-0.15, -0.1) is 0 Å². The number of carbonyl (C=O) groups is 4. The summed E-state index contributed by atoms with van der Waals surface area (Å²) in [5.74, 6) is -5.87. The topological polar surface area (TPSA) is 109 Å². The highest BCUT2D eigenvalue weighted by Crippen LogP contribution is 2.43. The van der Waals surface area contributed by atoms with Gasteiger partial charge in [-0.3, -0.25) is 19.2 Å². The fourth-order valence-corrected chi connectivity index (χ4v) is 4.30. The molecule has 6 nitrogen and oxygen atoms in total. The number of aliphatic hydroxyl groups is 2. The van der Waals surface area contributed by atoms with E-state index in [4.69, 9.17) is 0 Å². The van der Waals surface area contributed by atoms with Crippen LogP contribution in [0, 0.1) is 11.8 Å². The van der Waals surface area contributed by atoms with E-state index in [1.54, 1.807) is 31.2 Å². The number of hydrogen-bond acceptors (Lipinski definition) is 6. The molecule has 0 aliphatic heterocycles. The third-order valence-corrected chi connectivity index (χ3v) is 6.10. The quantitative estimate of drug-likeness (QED) is 0.726. The lowest BCUT2D eigenvalue weighted by molar-refractivity contribution is -0.113. The van der Waals surface area contributed by atoms with Crippen LogP contribution in [0.1, 0.15) is 52.1 Å². The Labute approximate surface area is 178 Å². The van der Waals surface area contributed by atoms with Crippen molar-refractivity contribution < 1.29 is 29.4 Å². The molecule has 2 aliphatic carbocycles. The number of rotatable bonds is 4. The standard InChI is InChI=1S/C25H20O6/c1-3-12(2)17(18-20(26)13-8-4-6-10-15(13)22(28)24(18)30)19-21(27)14-9-5-7-11-16(14)23(29)25(19)31/h4-12,17,26-27H,3H2,1-2H3. The number of Topliss-reactive ketones (excluding diaryl/α,β-unsaturated/α-hetero) is 4. The zero-order valence-corrected chi connectivity index (χ0v) is 17.0. The molecule has 1 atom stereocenters. The maximum absolute atomic E-state index is 13.1. The Morgan fingerprint density at radius 3 is 1.35 bits per heavy atom. The molecule has 156 valence electrons. The van der Waals surface area contributed by atoms with Crippen LogP contribution >= 0.6 is 0 Å². The molecular formula is C25H20O6. The maximum atomic E-state index is 13.1. The third kappa shape index (κ3) is 2.94. The van der Waals surface area contributed by atoms with Gasteiger partial charge in [-0.25, -0.2) is 0 Å². The number of fused-ring (bicyclic) bond motifs is 2. The molecule has 2 aliphatic rings. The molecule has 2 aromatic carbocycles. The molecule has 0 spiro atoms. The van der Waals surface area contributed by atoms with Crippen LogP contribution in [-0.4, -0.2) is 33.3 Å². The Morgan fingerprint density at radius 1 is 0.645 bits per heavy atom. The lowest BCUT2D eigenvalue weighted by Crippen LogP contribution is -2.36. The summed E-state index contributed by atoms with van der Waals surface area (Å²) in [5, 5.41) is 22.0. The number of aliphatic hydroxyl groups excluding tert-OH is 2. The van der Waals surface area contributed by atoms with Gasteiger partial charge in [0.2, 0.25) is 23.1 Å². The van der Waals surface area contributed by atoms with Crippen LogP contribution in [0.25, 0.3) is 11.5 Å². The van der Waals surface area contributed by atoms with Gasteiger partial charge < -0.3 is 10.2 Å². The summed E-state index contributed by atoms with van der Waals surface area (Å²) in [5.41, 5.74) is -0.00582. The zero-order chi connectivity index (χ0) is 22.4. The Balaban J connectivity index is 2.03. The lowest BCUT2D eigenvalue weighted by Gasteiger charge is -2.31. The monoisotopic (exact) mass is 416 g/mol. The second-order valence-corrected chi connectivity index (χ2v) is 7.80. The molecule has 0 amide bonds. The smallest absolute Gasteiger partial charge is 0.234 e. The van der Waals surface area contributed by atoms with Gasteiger partial charge in [0, 0.05) is 28.2 Å². The van der Waals surface area contributed by atoms with Crippen LogP contribution in [-0.2, 0) is 9.59 Å². The fraction of sp³-hybridized carbons (Fsp3) is 0.200. The molecule has 4 rings (SSSR count). The minimum atomic E-state index is -1.13. The molecule has 2 aromatic rings. The van der Waals surface area contributed by atoms with Crippen molar-refractivity contribution in [3.8, 4) is 0 Å². The molecule has 0 aromatic heterocycles. The first-order valence-corrected chi connectivity index (χ1v) is 10.0. The van der Waals surface area contributed by atoms with Crippen molar-refractivity contribution in [2.75, 3.05) is 0 Å². The van der Waals surface area contributed by atoms with Crippen LogP contribution in [0.15, 0.2) is 59.7 Å². The highest BCUT2D eigenvalue weighted by Gasteiger charge is 2.45. The normalized spacial score (nSPS) is 17.3. The molecule has 0 heterocycles. The van der Waals surface area contributed by atoms with Gasteiger partial charge >= 0.3 is 0 Å². The zero-order valence-electron chi connectivity index (χ0n) is 17.0. The molecular weight excluding hydrogens is 396 g/mol. The van der Waals surface area contributed by atoms with E-state index in [1.165, 1.54) is 24.3 Å². The van der Waals surface area contributed by atoms with Crippen molar-refractivity contribution in [2.24, 2.45) is 11.8 Å². The fourth-order valence-electron chi connectivity index (χ4n) is 4.30. The summed E-state index contributed by atoms with van der Waals surface area (Å²) in [6.45, 7) is 3.56. The van der Waals surface area contributed by atoms with Crippen molar-refractivity contribution in [1.82, 2.24) is 0 Å². The van der Waals surface area contributed by atoms with Gasteiger partial charge in [0.25, 0.3) is 0 Å². The molecule has 1 unspecified atom stereocenters. The first-order chi connectivity index (χ1) is 14.8. The number of allylic oxidation sites excluding steroid dienone is 2. The molecule has 2 N–H and O–H groups in total. The highest BCUT2D eigenvalue weighted by atomic mass is 16.3. The third-order valence-electron chi connectivity index (χ3n) is 6.10. The second kappa shape index (κ2) is 7.47. The van der Waals surface area contributed by atoms with Crippen LogP contribution in [0.3, 0.4) is 0 Å². The first kappa shape index (κ1) is 20.5. The molecule has 0 fully saturated rings. The van der Waals surface area contributed by atoms with Gasteiger partial charge in [0.1, 0.15) is 11.5 Å². The van der Waals surface area contributed by atoms with E-state index in [2.05, 4.69) is 0 Å². The predicted octanol–water partition coefficient (Wildman–Crippen LogP) is 4.12. The van der Waals surface area contributed by atoms with Crippen LogP contribution in [0.5, 0.6) is 0 Å². The Hall–Kier alpha value is -3.80. The van der Waals surface area contributed by atoms with Crippen LogP contribution in [0.4, 0.5) is 0 Å². The molecule has 0 bridgehead atoms. The lowest BCUT2D eigenvalue weighted by atomic mass is 9.69. The molecule has 6 heteroatoms. The van der Waals surface area contributed by atoms with Crippen molar-refractivity contribution >= 4 is 34.7 Å². The van der Waals surface area contributed by atoms with E-state index >= 15 is 0 Å². The highest BCUT2D eigenvalue weighted by molar-refractivity contribution is 6.54. The van der Waals surface area contributed by atoms with Gasteiger partial charge in [-0.2, -0.15) is 0 Å². The average Bonchev–Trinajstić information content (AvgIpc) is 2.79. The van der Waals surface area contributed by atoms with E-state index in [0.717, 1.165) is 0 Å². The summed E-state index contributed by atoms with van der Waals surface area (Å²) in [4.78, 5) is 51.7. The van der Waals surface area contributed by atoms with Crippen molar-refractivity contribution in [3.05, 3.63) is 81.9 Å². The Morgan fingerprint density at radius 2 is 1.00 bits per heavy atom. The van der Waals surface area contributed by atoms with Crippen molar-refractivity contribution in [1.29, 1.82) is 0 Å². The SMILES string of the molecule is CCC(C)C(C1=C(O)c2ccccc2C(=O)C1=O)C1=C(O)c2ccccc2C(=O)C1=O. The molecule has 0 saturated carbocycles. The minimum absolute atomic E-state index is 0.0752. The van der Waals surface area contributed by atoms with E-state index in [9.17, 15) is 29.4 Å².